The second-order valence-electron chi connectivity index (χ2n) is 6.76. The average Bonchev–Trinajstić information content (AvgIpc) is 2.68. The van der Waals surface area contributed by atoms with Crippen LogP contribution >= 0.6 is 0 Å². The molecule has 1 aliphatic carbocycles. The maximum atomic E-state index is 14.1. The SMILES string of the molecule is O=C(OCC1CCCCC1)c1cc(S(=O)(=O)N2CCOCC2)ccc1F. The minimum absolute atomic E-state index is 0.106. The molecule has 1 aliphatic heterocycles. The van der Waals surface area contributed by atoms with Crippen LogP contribution in [0.5, 0.6) is 0 Å². The molecule has 8 heteroatoms. The largest absolute Gasteiger partial charge is 0.462 e. The number of halogens is 1. The molecule has 0 N–H and O–H groups in total. The summed E-state index contributed by atoms with van der Waals surface area (Å²) in [4.78, 5) is 12.2. The van der Waals surface area contributed by atoms with Crippen LogP contribution in [0.1, 0.15) is 42.5 Å². The molecule has 0 amide bonds. The van der Waals surface area contributed by atoms with Gasteiger partial charge in [0.05, 0.1) is 30.3 Å². The molecule has 26 heavy (non-hydrogen) atoms. The Morgan fingerprint density at radius 2 is 1.88 bits per heavy atom. The molecule has 1 aromatic rings. The molecular formula is C18H24FNO5S. The van der Waals surface area contributed by atoms with Crippen LogP contribution in [0.3, 0.4) is 0 Å². The minimum Gasteiger partial charge on any atom is -0.462 e. The smallest absolute Gasteiger partial charge is 0.341 e. The van der Waals surface area contributed by atoms with Gasteiger partial charge in [0, 0.05) is 13.1 Å². The lowest BCUT2D eigenvalue weighted by Crippen LogP contribution is -2.40. The van der Waals surface area contributed by atoms with E-state index in [1.54, 1.807) is 0 Å². The van der Waals surface area contributed by atoms with Gasteiger partial charge in [-0.2, -0.15) is 4.31 Å². The van der Waals surface area contributed by atoms with Gasteiger partial charge in [0.2, 0.25) is 10.0 Å². The van der Waals surface area contributed by atoms with E-state index in [9.17, 15) is 17.6 Å². The van der Waals surface area contributed by atoms with Crippen molar-refractivity contribution in [1.82, 2.24) is 4.31 Å². The van der Waals surface area contributed by atoms with Crippen LogP contribution in [0.25, 0.3) is 0 Å². The number of sulfonamides is 1. The van der Waals surface area contributed by atoms with Gasteiger partial charge in [0.1, 0.15) is 5.82 Å². The van der Waals surface area contributed by atoms with Crippen LogP contribution in [-0.4, -0.2) is 51.6 Å². The third kappa shape index (κ3) is 4.42. The molecule has 2 fully saturated rings. The zero-order chi connectivity index (χ0) is 18.6. The highest BCUT2D eigenvalue weighted by Crippen LogP contribution is 2.25. The molecule has 3 rings (SSSR count). The minimum atomic E-state index is -3.79. The van der Waals surface area contributed by atoms with E-state index in [1.165, 1.54) is 16.8 Å². The highest BCUT2D eigenvalue weighted by atomic mass is 32.2. The zero-order valence-corrected chi connectivity index (χ0v) is 15.5. The summed E-state index contributed by atoms with van der Waals surface area (Å²) in [5.74, 6) is -1.29. The normalized spacial score (nSPS) is 20.0. The first-order valence-corrected chi connectivity index (χ1v) is 10.5. The quantitative estimate of drug-likeness (QED) is 0.729. The first-order chi connectivity index (χ1) is 12.5. The number of esters is 1. The summed E-state index contributed by atoms with van der Waals surface area (Å²) in [5, 5.41) is 0. The van der Waals surface area contributed by atoms with Crippen molar-refractivity contribution in [2.45, 2.75) is 37.0 Å². The van der Waals surface area contributed by atoms with Crippen molar-refractivity contribution in [3.63, 3.8) is 0 Å². The highest BCUT2D eigenvalue weighted by molar-refractivity contribution is 7.89. The Kier molecular flexibility index (Phi) is 6.26. The third-order valence-corrected chi connectivity index (χ3v) is 6.84. The van der Waals surface area contributed by atoms with E-state index in [2.05, 4.69) is 0 Å². The molecule has 0 aromatic heterocycles. The molecule has 0 spiro atoms. The standard InChI is InChI=1S/C18H24FNO5S/c19-17-7-6-15(26(22,23)20-8-10-24-11-9-20)12-16(17)18(21)25-13-14-4-2-1-3-5-14/h6-7,12,14H,1-5,8-11,13H2. The summed E-state index contributed by atoms with van der Waals surface area (Å²) in [7, 11) is -3.79. The van der Waals surface area contributed by atoms with Gasteiger partial charge in [-0.25, -0.2) is 17.6 Å². The first-order valence-electron chi connectivity index (χ1n) is 9.03. The second-order valence-corrected chi connectivity index (χ2v) is 8.70. The molecule has 1 saturated carbocycles. The predicted octanol–water partition coefficient (Wildman–Crippen LogP) is 2.58. The number of hydrogen-bond donors (Lipinski definition) is 0. The van der Waals surface area contributed by atoms with Gasteiger partial charge >= 0.3 is 5.97 Å². The van der Waals surface area contributed by atoms with E-state index in [4.69, 9.17) is 9.47 Å². The Morgan fingerprint density at radius 3 is 2.58 bits per heavy atom. The van der Waals surface area contributed by atoms with Crippen LogP contribution < -0.4 is 0 Å². The number of carbonyl (C=O) groups excluding carboxylic acids is 1. The van der Waals surface area contributed by atoms with Crippen LogP contribution in [-0.2, 0) is 19.5 Å². The fourth-order valence-electron chi connectivity index (χ4n) is 3.38. The molecule has 2 aliphatic rings. The lowest BCUT2D eigenvalue weighted by Gasteiger charge is -2.26. The van der Waals surface area contributed by atoms with Crippen molar-refractivity contribution in [2.24, 2.45) is 5.92 Å². The van der Waals surface area contributed by atoms with Gasteiger partial charge in [-0.1, -0.05) is 19.3 Å². The lowest BCUT2D eigenvalue weighted by atomic mass is 9.90. The van der Waals surface area contributed by atoms with Crippen molar-refractivity contribution in [3.8, 4) is 0 Å². The van der Waals surface area contributed by atoms with Crippen LogP contribution in [0.4, 0.5) is 4.39 Å². The van der Waals surface area contributed by atoms with Crippen molar-refractivity contribution in [3.05, 3.63) is 29.6 Å². The van der Waals surface area contributed by atoms with Gasteiger partial charge in [0.25, 0.3) is 0 Å². The molecule has 0 unspecified atom stereocenters. The van der Waals surface area contributed by atoms with Gasteiger partial charge in [-0.3, -0.25) is 0 Å². The van der Waals surface area contributed by atoms with Crippen molar-refractivity contribution in [1.29, 1.82) is 0 Å². The molecule has 6 nitrogen and oxygen atoms in total. The van der Waals surface area contributed by atoms with Crippen LogP contribution in [0.2, 0.25) is 0 Å². The summed E-state index contributed by atoms with van der Waals surface area (Å²) < 4.78 is 51.1. The van der Waals surface area contributed by atoms with Crippen LogP contribution in [0.15, 0.2) is 23.1 Å². The number of morpholine rings is 1. The number of benzene rings is 1. The Bertz CT molecular complexity index is 740. The Labute approximate surface area is 153 Å². The van der Waals surface area contributed by atoms with E-state index >= 15 is 0 Å². The molecular weight excluding hydrogens is 361 g/mol. The first kappa shape index (κ1) is 19.3. The Balaban J connectivity index is 1.73. The van der Waals surface area contributed by atoms with Crippen molar-refractivity contribution in [2.75, 3.05) is 32.9 Å². The summed E-state index contributed by atoms with van der Waals surface area (Å²) in [6.45, 7) is 1.36. The van der Waals surface area contributed by atoms with Gasteiger partial charge in [0.15, 0.2) is 0 Å². The van der Waals surface area contributed by atoms with E-state index in [-0.39, 0.29) is 30.2 Å². The lowest BCUT2D eigenvalue weighted by molar-refractivity contribution is 0.0404. The van der Waals surface area contributed by atoms with Crippen LogP contribution in [0, 0.1) is 11.7 Å². The second kappa shape index (κ2) is 8.45. The fraction of sp³-hybridized carbons (Fsp3) is 0.611. The number of hydrogen-bond acceptors (Lipinski definition) is 5. The molecule has 0 bridgehead atoms. The zero-order valence-electron chi connectivity index (χ0n) is 14.7. The van der Waals surface area contributed by atoms with E-state index < -0.39 is 21.8 Å². The number of nitrogens with zero attached hydrogens (tertiary/aromatic N) is 1. The number of ether oxygens (including phenoxy) is 2. The predicted molar refractivity (Wildman–Crippen MR) is 92.8 cm³/mol. The molecule has 1 aromatic carbocycles. The summed E-state index contributed by atoms with van der Waals surface area (Å²) in [5.41, 5.74) is -0.338. The molecule has 0 radical (unpaired) electrons. The highest BCUT2D eigenvalue weighted by Gasteiger charge is 2.28. The summed E-state index contributed by atoms with van der Waals surface area (Å²) >= 11 is 0. The van der Waals surface area contributed by atoms with Gasteiger partial charge in [-0.05, 0) is 37.0 Å². The van der Waals surface area contributed by atoms with Crippen molar-refractivity contribution >= 4 is 16.0 Å². The molecule has 1 saturated heterocycles. The Hall–Kier alpha value is -1.51. The van der Waals surface area contributed by atoms with E-state index in [1.807, 2.05) is 0 Å². The summed E-state index contributed by atoms with van der Waals surface area (Å²) in [6.07, 6.45) is 5.43. The fourth-order valence-corrected chi connectivity index (χ4v) is 4.82. The topological polar surface area (TPSA) is 72.9 Å². The van der Waals surface area contributed by atoms with Gasteiger partial charge in [-0.15, -0.1) is 0 Å². The number of rotatable bonds is 5. The monoisotopic (exact) mass is 385 g/mol. The van der Waals surface area contributed by atoms with E-state index in [0.29, 0.717) is 19.1 Å². The number of carbonyl (C=O) groups is 1. The van der Waals surface area contributed by atoms with E-state index in [0.717, 1.165) is 37.8 Å². The summed E-state index contributed by atoms with van der Waals surface area (Å²) in [6, 6.07) is 3.26. The maximum absolute atomic E-state index is 14.1. The maximum Gasteiger partial charge on any atom is 0.341 e. The average molecular weight is 385 g/mol. The molecule has 0 atom stereocenters. The van der Waals surface area contributed by atoms with Gasteiger partial charge < -0.3 is 9.47 Å². The Morgan fingerprint density at radius 1 is 1.19 bits per heavy atom. The van der Waals surface area contributed by atoms with Crippen molar-refractivity contribution < 1.29 is 27.1 Å². The molecule has 1 heterocycles. The molecule has 144 valence electrons. The third-order valence-electron chi connectivity index (χ3n) is 4.94.